The van der Waals surface area contributed by atoms with Crippen molar-refractivity contribution in [3.63, 3.8) is 0 Å². The topological polar surface area (TPSA) is 55.6 Å². The largest absolute Gasteiger partial charge is 0.311 e. The van der Waals surface area contributed by atoms with Gasteiger partial charge < -0.3 is 5.32 Å². The maximum atomic E-state index is 4.06. The highest BCUT2D eigenvalue weighted by Gasteiger charge is 2.15. The van der Waals surface area contributed by atoms with Gasteiger partial charge in [-0.2, -0.15) is 4.68 Å². The summed E-state index contributed by atoms with van der Waals surface area (Å²) in [6.45, 7) is 4.06. The van der Waals surface area contributed by atoms with E-state index >= 15 is 0 Å². The van der Waals surface area contributed by atoms with Crippen LogP contribution in [0.2, 0.25) is 0 Å². The molecule has 2 rings (SSSR count). The van der Waals surface area contributed by atoms with Crippen molar-refractivity contribution in [2.24, 2.45) is 0 Å². The highest BCUT2D eigenvalue weighted by atomic mass is 79.9. The van der Waals surface area contributed by atoms with Gasteiger partial charge in [0, 0.05) is 4.47 Å². The fourth-order valence-corrected chi connectivity index (χ4v) is 1.92. The lowest BCUT2D eigenvalue weighted by molar-refractivity contribution is 0.588. The Balaban J connectivity index is 2.53. The van der Waals surface area contributed by atoms with Gasteiger partial charge >= 0.3 is 0 Å². The van der Waals surface area contributed by atoms with Gasteiger partial charge in [0.15, 0.2) is 5.82 Å². The van der Waals surface area contributed by atoms with E-state index in [4.69, 9.17) is 0 Å². The molecule has 0 aliphatic rings. The molecule has 1 unspecified atom stereocenters. The summed E-state index contributed by atoms with van der Waals surface area (Å²) in [6, 6.07) is 6.15. The second-order valence-electron chi connectivity index (χ2n) is 3.89. The zero-order valence-electron chi connectivity index (χ0n) is 9.98. The molecule has 1 aromatic heterocycles. The Morgan fingerprint density at radius 2 is 2.18 bits per heavy atom. The van der Waals surface area contributed by atoms with Crippen molar-refractivity contribution in [3.8, 4) is 5.69 Å². The van der Waals surface area contributed by atoms with E-state index in [-0.39, 0.29) is 6.04 Å². The van der Waals surface area contributed by atoms with Crippen molar-refractivity contribution in [1.29, 1.82) is 0 Å². The molecule has 0 bridgehead atoms. The number of nitrogens with zero attached hydrogens (tertiary/aromatic N) is 4. The van der Waals surface area contributed by atoms with Gasteiger partial charge in [0.25, 0.3) is 0 Å². The lowest BCUT2D eigenvalue weighted by atomic mass is 10.2. The third-order valence-electron chi connectivity index (χ3n) is 2.71. The van der Waals surface area contributed by atoms with E-state index in [9.17, 15) is 0 Å². The average Bonchev–Trinajstić information content (AvgIpc) is 2.80. The number of aryl methyl sites for hydroxylation is 1. The van der Waals surface area contributed by atoms with Crippen LogP contribution in [0.15, 0.2) is 22.7 Å². The van der Waals surface area contributed by atoms with Gasteiger partial charge in [-0.15, -0.1) is 5.10 Å². The molecule has 90 valence electrons. The molecule has 2 aromatic rings. The number of rotatable bonds is 3. The first-order chi connectivity index (χ1) is 8.13. The summed E-state index contributed by atoms with van der Waals surface area (Å²) in [5.74, 6) is 0.800. The number of hydrogen-bond donors (Lipinski definition) is 1. The van der Waals surface area contributed by atoms with Crippen LogP contribution in [0.4, 0.5) is 0 Å². The number of hydrogen-bond acceptors (Lipinski definition) is 4. The Kier molecular flexibility index (Phi) is 3.54. The van der Waals surface area contributed by atoms with E-state index in [0.717, 1.165) is 21.5 Å². The monoisotopic (exact) mass is 295 g/mol. The van der Waals surface area contributed by atoms with Crippen molar-refractivity contribution >= 4 is 15.9 Å². The number of benzene rings is 1. The van der Waals surface area contributed by atoms with Crippen LogP contribution in [-0.2, 0) is 0 Å². The fourth-order valence-electron chi connectivity index (χ4n) is 1.58. The van der Waals surface area contributed by atoms with E-state index in [2.05, 4.69) is 36.8 Å². The van der Waals surface area contributed by atoms with E-state index in [1.807, 2.05) is 39.1 Å². The van der Waals surface area contributed by atoms with Crippen LogP contribution < -0.4 is 5.32 Å². The van der Waals surface area contributed by atoms with Crippen LogP contribution in [0, 0.1) is 6.92 Å². The van der Waals surface area contributed by atoms with Crippen LogP contribution in [0.5, 0.6) is 0 Å². The molecule has 0 radical (unpaired) electrons. The Hall–Kier alpha value is -1.27. The summed E-state index contributed by atoms with van der Waals surface area (Å²) < 4.78 is 2.78. The molecule has 0 aliphatic carbocycles. The second kappa shape index (κ2) is 4.93. The molecule has 0 amide bonds. The fraction of sp³-hybridized carbons (Fsp3) is 0.364. The zero-order valence-corrected chi connectivity index (χ0v) is 11.6. The number of aromatic nitrogens is 4. The molecule has 0 aliphatic heterocycles. The summed E-state index contributed by atoms with van der Waals surface area (Å²) in [7, 11) is 1.89. The third-order valence-corrected chi connectivity index (χ3v) is 3.21. The van der Waals surface area contributed by atoms with Gasteiger partial charge in [-0.05, 0) is 49.0 Å². The van der Waals surface area contributed by atoms with Gasteiger partial charge in [-0.3, -0.25) is 0 Å². The highest BCUT2D eigenvalue weighted by Crippen LogP contribution is 2.21. The van der Waals surface area contributed by atoms with Crippen LogP contribution in [0.25, 0.3) is 5.69 Å². The lowest BCUT2D eigenvalue weighted by Crippen LogP contribution is -2.18. The summed E-state index contributed by atoms with van der Waals surface area (Å²) in [5, 5.41) is 15.0. The Morgan fingerprint density at radius 1 is 1.41 bits per heavy atom. The summed E-state index contributed by atoms with van der Waals surface area (Å²) in [6.07, 6.45) is 0. The zero-order chi connectivity index (χ0) is 12.4. The average molecular weight is 296 g/mol. The minimum Gasteiger partial charge on any atom is -0.311 e. The second-order valence-corrected chi connectivity index (χ2v) is 4.81. The van der Waals surface area contributed by atoms with Crippen LogP contribution in [-0.4, -0.2) is 27.3 Å². The maximum Gasteiger partial charge on any atom is 0.173 e. The van der Waals surface area contributed by atoms with Crippen molar-refractivity contribution < 1.29 is 0 Å². The van der Waals surface area contributed by atoms with Crippen molar-refractivity contribution in [2.75, 3.05) is 7.05 Å². The van der Waals surface area contributed by atoms with Gasteiger partial charge in [-0.1, -0.05) is 22.0 Å². The van der Waals surface area contributed by atoms with Crippen LogP contribution >= 0.6 is 15.9 Å². The quantitative estimate of drug-likeness (QED) is 0.941. The van der Waals surface area contributed by atoms with E-state index in [0.29, 0.717) is 0 Å². The van der Waals surface area contributed by atoms with Gasteiger partial charge in [0.05, 0.1) is 11.7 Å². The van der Waals surface area contributed by atoms with E-state index < -0.39 is 0 Å². The predicted molar refractivity (Wildman–Crippen MR) is 69.1 cm³/mol. The van der Waals surface area contributed by atoms with E-state index in [1.54, 1.807) is 4.68 Å². The van der Waals surface area contributed by atoms with Gasteiger partial charge in [-0.25, -0.2) is 0 Å². The third kappa shape index (κ3) is 2.37. The maximum absolute atomic E-state index is 4.06. The lowest BCUT2D eigenvalue weighted by Gasteiger charge is -2.12. The summed E-state index contributed by atoms with van der Waals surface area (Å²) in [4.78, 5) is 0. The minimum absolute atomic E-state index is 0.100. The Labute approximate surface area is 108 Å². The molecule has 0 saturated heterocycles. The minimum atomic E-state index is 0.100. The molecule has 5 nitrogen and oxygen atoms in total. The first-order valence-corrected chi connectivity index (χ1v) is 6.15. The highest BCUT2D eigenvalue weighted by molar-refractivity contribution is 9.10. The molecule has 0 fully saturated rings. The molecular formula is C11H14BrN5. The molecule has 1 heterocycles. The predicted octanol–water partition coefficient (Wildman–Crippen LogP) is 2.01. The Bertz CT molecular complexity index is 522. The molecule has 0 saturated carbocycles. The standard InChI is InChI=1S/C11H14BrN5/c1-7-4-5-9(12)6-10(7)17-11(8(2)13-3)14-15-16-17/h4-6,8,13H,1-3H3. The number of halogens is 1. The molecule has 1 N–H and O–H groups in total. The van der Waals surface area contributed by atoms with Crippen molar-refractivity contribution in [2.45, 2.75) is 19.9 Å². The first kappa shape index (κ1) is 12.2. The smallest absolute Gasteiger partial charge is 0.173 e. The molecule has 17 heavy (non-hydrogen) atoms. The molecule has 1 atom stereocenters. The van der Waals surface area contributed by atoms with Crippen molar-refractivity contribution in [3.05, 3.63) is 34.1 Å². The molecule has 1 aromatic carbocycles. The molecule has 0 spiro atoms. The SMILES string of the molecule is CNC(C)c1nnnn1-c1cc(Br)ccc1C. The molecular weight excluding hydrogens is 282 g/mol. The summed E-state index contributed by atoms with van der Waals surface area (Å²) in [5.41, 5.74) is 2.12. The van der Waals surface area contributed by atoms with Gasteiger partial charge in [0.1, 0.15) is 0 Å². The number of nitrogens with one attached hydrogen (secondary N) is 1. The van der Waals surface area contributed by atoms with Crippen LogP contribution in [0.1, 0.15) is 24.4 Å². The summed E-state index contributed by atoms with van der Waals surface area (Å²) >= 11 is 3.46. The van der Waals surface area contributed by atoms with Crippen LogP contribution in [0.3, 0.4) is 0 Å². The van der Waals surface area contributed by atoms with E-state index in [1.165, 1.54) is 0 Å². The van der Waals surface area contributed by atoms with Crippen molar-refractivity contribution in [1.82, 2.24) is 25.5 Å². The van der Waals surface area contributed by atoms with Gasteiger partial charge in [0.2, 0.25) is 0 Å². The first-order valence-electron chi connectivity index (χ1n) is 5.35. The molecule has 6 heteroatoms. The Morgan fingerprint density at radius 3 is 2.88 bits per heavy atom. The number of tetrazole rings is 1. The normalized spacial score (nSPS) is 12.7.